The molecular weight excluding hydrogens is 263 g/mol. The van der Waals surface area contributed by atoms with Crippen molar-refractivity contribution in [3.63, 3.8) is 0 Å². The van der Waals surface area contributed by atoms with Crippen molar-refractivity contribution in [3.8, 4) is 0 Å². The predicted octanol–water partition coefficient (Wildman–Crippen LogP) is 1.84. The van der Waals surface area contributed by atoms with E-state index in [2.05, 4.69) is 10.6 Å². The molecule has 0 aliphatic carbocycles. The van der Waals surface area contributed by atoms with Gasteiger partial charge in [-0.2, -0.15) is 0 Å². The quantitative estimate of drug-likeness (QED) is 0.668. The second kappa shape index (κ2) is 8.14. The normalized spacial score (nSPS) is 10.1. The van der Waals surface area contributed by atoms with Crippen molar-refractivity contribution >= 4 is 12.0 Å². The molecule has 0 aromatic heterocycles. The summed E-state index contributed by atoms with van der Waals surface area (Å²) in [5.41, 5.74) is 1.84. The smallest absolute Gasteiger partial charge is 0.314 e. The Morgan fingerprint density at radius 3 is 2.60 bits per heavy atom. The van der Waals surface area contributed by atoms with Crippen LogP contribution >= 0.6 is 0 Å². The molecule has 0 aliphatic heterocycles. The summed E-state index contributed by atoms with van der Waals surface area (Å²) in [5, 5.41) is 13.7. The Hall–Kier alpha value is -2.11. The van der Waals surface area contributed by atoms with Crippen molar-refractivity contribution < 1.29 is 19.1 Å². The summed E-state index contributed by atoms with van der Waals surface area (Å²) in [6, 6.07) is 4.24. The fourth-order valence-corrected chi connectivity index (χ4v) is 1.75. The van der Waals surface area contributed by atoms with E-state index in [9.17, 15) is 14.0 Å². The molecule has 0 unspecified atom stereocenters. The summed E-state index contributed by atoms with van der Waals surface area (Å²) in [6.07, 6.45) is 1.06. The Morgan fingerprint density at radius 2 is 1.95 bits per heavy atom. The molecular formula is C14H19FN2O3. The van der Waals surface area contributed by atoms with Gasteiger partial charge in [-0.3, -0.25) is 4.79 Å². The third kappa shape index (κ3) is 6.17. The molecule has 0 heterocycles. The molecule has 0 aliphatic rings. The molecule has 0 atom stereocenters. The molecule has 1 rings (SSSR count). The van der Waals surface area contributed by atoms with E-state index in [0.717, 1.165) is 11.1 Å². The van der Waals surface area contributed by atoms with Gasteiger partial charge in [0.2, 0.25) is 0 Å². The van der Waals surface area contributed by atoms with Crippen LogP contribution in [0.15, 0.2) is 18.2 Å². The average molecular weight is 282 g/mol. The van der Waals surface area contributed by atoms with Gasteiger partial charge in [0, 0.05) is 19.5 Å². The van der Waals surface area contributed by atoms with Gasteiger partial charge in [-0.05, 0) is 43.0 Å². The molecule has 6 heteroatoms. The SMILES string of the molecule is Cc1cc(F)ccc1CCNC(=O)NCCCC(=O)O. The summed E-state index contributed by atoms with van der Waals surface area (Å²) < 4.78 is 12.9. The van der Waals surface area contributed by atoms with Crippen LogP contribution in [0.4, 0.5) is 9.18 Å². The maximum atomic E-state index is 12.9. The van der Waals surface area contributed by atoms with Gasteiger partial charge in [0.25, 0.3) is 0 Å². The Labute approximate surface area is 117 Å². The van der Waals surface area contributed by atoms with Crippen molar-refractivity contribution in [2.75, 3.05) is 13.1 Å². The summed E-state index contributed by atoms with van der Waals surface area (Å²) in [5.74, 6) is -1.14. The van der Waals surface area contributed by atoms with Crippen LogP contribution in [-0.4, -0.2) is 30.2 Å². The highest BCUT2D eigenvalue weighted by Crippen LogP contribution is 2.10. The van der Waals surface area contributed by atoms with Crippen LogP contribution < -0.4 is 10.6 Å². The molecule has 0 saturated heterocycles. The highest BCUT2D eigenvalue weighted by Gasteiger charge is 2.03. The largest absolute Gasteiger partial charge is 0.481 e. The Kier molecular flexibility index (Phi) is 6.49. The molecule has 20 heavy (non-hydrogen) atoms. The second-order valence-electron chi connectivity index (χ2n) is 4.50. The minimum Gasteiger partial charge on any atom is -0.481 e. The van der Waals surface area contributed by atoms with Crippen molar-refractivity contribution in [1.82, 2.24) is 10.6 Å². The number of benzene rings is 1. The number of carbonyl (C=O) groups excluding carboxylic acids is 1. The summed E-state index contributed by atoms with van der Waals surface area (Å²) >= 11 is 0. The Bertz CT molecular complexity index is 477. The van der Waals surface area contributed by atoms with E-state index in [1.165, 1.54) is 12.1 Å². The predicted molar refractivity (Wildman–Crippen MR) is 73.1 cm³/mol. The van der Waals surface area contributed by atoms with Crippen molar-refractivity contribution in [2.45, 2.75) is 26.2 Å². The van der Waals surface area contributed by atoms with E-state index in [1.54, 1.807) is 6.07 Å². The molecule has 2 amide bonds. The van der Waals surface area contributed by atoms with E-state index in [4.69, 9.17) is 5.11 Å². The number of urea groups is 1. The Morgan fingerprint density at radius 1 is 1.25 bits per heavy atom. The number of hydrogen-bond donors (Lipinski definition) is 3. The van der Waals surface area contributed by atoms with Gasteiger partial charge < -0.3 is 15.7 Å². The molecule has 5 nitrogen and oxygen atoms in total. The first kappa shape index (κ1) is 15.9. The number of halogens is 1. The molecule has 0 bridgehead atoms. The third-order valence-corrected chi connectivity index (χ3v) is 2.84. The number of aryl methyl sites for hydroxylation is 1. The van der Waals surface area contributed by atoms with Crippen LogP contribution in [-0.2, 0) is 11.2 Å². The summed E-state index contributed by atoms with van der Waals surface area (Å²) in [7, 11) is 0. The first-order chi connectivity index (χ1) is 9.49. The summed E-state index contributed by atoms with van der Waals surface area (Å²) in [4.78, 5) is 21.7. The average Bonchev–Trinajstić information content (AvgIpc) is 2.37. The number of carboxylic acid groups (broad SMARTS) is 1. The fraction of sp³-hybridized carbons (Fsp3) is 0.429. The first-order valence-electron chi connectivity index (χ1n) is 6.47. The van der Waals surface area contributed by atoms with Crippen LogP contribution in [0.5, 0.6) is 0 Å². The zero-order valence-electron chi connectivity index (χ0n) is 11.4. The lowest BCUT2D eigenvalue weighted by atomic mass is 10.1. The van der Waals surface area contributed by atoms with Crippen molar-refractivity contribution in [3.05, 3.63) is 35.1 Å². The molecule has 0 saturated carbocycles. The molecule has 110 valence electrons. The number of hydrogen-bond acceptors (Lipinski definition) is 2. The highest BCUT2D eigenvalue weighted by molar-refractivity contribution is 5.73. The number of nitrogens with one attached hydrogen (secondary N) is 2. The van der Waals surface area contributed by atoms with Crippen molar-refractivity contribution in [2.24, 2.45) is 0 Å². The maximum absolute atomic E-state index is 12.9. The lowest BCUT2D eigenvalue weighted by Gasteiger charge is -2.08. The molecule has 0 fully saturated rings. The van der Waals surface area contributed by atoms with E-state index < -0.39 is 5.97 Å². The standard InChI is InChI=1S/C14H19FN2O3/c1-10-9-12(15)5-4-11(10)6-8-17-14(20)16-7-2-3-13(18)19/h4-5,9H,2-3,6-8H2,1H3,(H,18,19)(H2,16,17,20). The van der Waals surface area contributed by atoms with Gasteiger partial charge in [0.1, 0.15) is 5.82 Å². The van der Waals surface area contributed by atoms with Crippen LogP contribution in [0.25, 0.3) is 0 Å². The van der Waals surface area contributed by atoms with Crippen LogP contribution in [0.1, 0.15) is 24.0 Å². The van der Waals surface area contributed by atoms with Gasteiger partial charge in [-0.15, -0.1) is 0 Å². The van der Waals surface area contributed by atoms with Gasteiger partial charge in [-0.25, -0.2) is 9.18 Å². The first-order valence-corrected chi connectivity index (χ1v) is 6.47. The zero-order valence-corrected chi connectivity index (χ0v) is 11.4. The van der Waals surface area contributed by atoms with Crippen molar-refractivity contribution in [1.29, 1.82) is 0 Å². The molecule has 0 spiro atoms. The number of rotatable bonds is 7. The third-order valence-electron chi connectivity index (χ3n) is 2.84. The monoisotopic (exact) mass is 282 g/mol. The van der Waals surface area contributed by atoms with Gasteiger partial charge in [0.15, 0.2) is 0 Å². The summed E-state index contributed by atoms with van der Waals surface area (Å²) in [6.45, 7) is 2.59. The van der Waals surface area contributed by atoms with E-state index in [-0.39, 0.29) is 18.3 Å². The lowest BCUT2D eigenvalue weighted by Crippen LogP contribution is -2.37. The second-order valence-corrected chi connectivity index (χ2v) is 4.50. The molecule has 0 radical (unpaired) electrons. The van der Waals surface area contributed by atoms with Crippen LogP contribution in [0.3, 0.4) is 0 Å². The van der Waals surface area contributed by atoms with Gasteiger partial charge in [-0.1, -0.05) is 6.07 Å². The zero-order chi connectivity index (χ0) is 15.0. The van der Waals surface area contributed by atoms with E-state index in [1.807, 2.05) is 6.92 Å². The molecule has 1 aromatic rings. The van der Waals surface area contributed by atoms with E-state index in [0.29, 0.717) is 25.9 Å². The number of carboxylic acids is 1. The fourth-order valence-electron chi connectivity index (χ4n) is 1.75. The van der Waals surface area contributed by atoms with E-state index >= 15 is 0 Å². The minimum absolute atomic E-state index is 0.0368. The lowest BCUT2D eigenvalue weighted by molar-refractivity contribution is -0.137. The highest BCUT2D eigenvalue weighted by atomic mass is 19.1. The van der Waals surface area contributed by atoms with Gasteiger partial charge in [0.05, 0.1) is 0 Å². The molecule has 3 N–H and O–H groups in total. The van der Waals surface area contributed by atoms with Crippen LogP contribution in [0.2, 0.25) is 0 Å². The number of carbonyl (C=O) groups is 2. The van der Waals surface area contributed by atoms with Gasteiger partial charge >= 0.3 is 12.0 Å². The minimum atomic E-state index is -0.876. The Balaban J connectivity index is 2.20. The maximum Gasteiger partial charge on any atom is 0.314 e. The number of amides is 2. The molecule has 1 aromatic carbocycles. The topological polar surface area (TPSA) is 78.4 Å². The van der Waals surface area contributed by atoms with Crippen LogP contribution in [0, 0.1) is 12.7 Å². The number of aliphatic carboxylic acids is 1.